The molecule has 0 bridgehead atoms. The Kier molecular flexibility index (Phi) is 9.15. The van der Waals surface area contributed by atoms with Crippen LogP contribution in [0, 0.1) is 5.82 Å². The van der Waals surface area contributed by atoms with E-state index in [1.165, 1.54) is 5.57 Å². The number of rotatable bonds is 8. The normalized spacial score (nSPS) is 19.5. The van der Waals surface area contributed by atoms with E-state index >= 15 is 0 Å². The van der Waals surface area contributed by atoms with Crippen LogP contribution in [0.15, 0.2) is 41.4 Å². The second-order valence-corrected chi connectivity index (χ2v) is 8.78. The Morgan fingerprint density at radius 2 is 1.81 bits per heavy atom. The Labute approximate surface area is 187 Å². The summed E-state index contributed by atoms with van der Waals surface area (Å²) in [5, 5.41) is 7.05. The quantitative estimate of drug-likeness (QED) is 0.287. The lowest BCUT2D eigenvalue weighted by Crippen LogP contribution is -2.49. The molecule has 0 spiro atoms. The van der Waals surface area contributed by atoms with E-state index in [0.717, 1.165) is 89.8 Å². The highest BCUT2D eigenvalue weighted by molar-refractivity contribution is 5.79. The van der Waals surface area contributed by atoms with E-state index in [9.17, 15) is 4.39 Å². The maximum Gasteiger partial charge on any atom is 0.191 e. The summed E-state index contributed by atoms with van der Waals surface area (Å²) in [5.74, 6) is 0.781. The van der Waals surface area contributed by atoms with Crippen molar-refractivity contribution in [2.75, 3.05) is 70.9 Å². The Balaban J connectivity index is 1.29. The number of aliphatic imine (C=N–C) groups is 1. The van der Waals surface area contributed by atoms with Gasteiger partial charge >= 0.3 is 0 Å². The molecule has 1 aromatic rings. The van der Waals surface area contributed by atoms with E-state index < -0.39 is 0 Å². The van der Waals surface area contributed by atoms with Gasteiger partial charge in [-0.15, -0.1) is 0 Å². The van der Waals surface area contributed by atoms with Gasteiger partial charge in [0.2, 0.25) is 0 Å². The summed E-state index contributed by atoms with van der Waals surface area (Å²) in [6.07, 6.45) is 3.35. The molecule has 1 aromatic carbocycles. The molecule has 0 atom stereocenters. The van der Waals surface area contributed by atoms with Crippen molar-refractivity contribution < 1.29 is 4.39 Å². The van der Waals surface area contributed by atoms with Gasteiger partial charge in [-0.3, -0.25) is 14.8 Å². The number of nitrogens with one attached hydrogen (secondary N) is 2. The minimum absolute atomic E-state index is 0.125. The first-order chi connectivity index (χ1) is 15.0. The van der Waals surface area contributed by atoms with Crippen LogP contribution < -0.4 is 15.5 Å². The average molecular weight is 431 g/mol. The standard InChI is InChI=1S/C24H39FN6/c1-20(2)19-30-13-9-21(10-14-30)28-24(26-3)27-11-6-12-29-15-17-31(18-16-29)23-8-5-4-7-22(23)25/h4-5,7-8,21H,1,6,9-19H2,2-3H3,(H2,26,27,28). The van der Waals surface area contributed by atoms with Crippen LogP contribution in [-0.4, -0.2) is 87.8 Å². The third kappa shape index (κ3) is 7.51. The van der Waals surface area contributed by atoms with Crippen LogP contribution in [0.5, 0.6) is 0 Å². The fourth-order valence-corrected chi connectivity index (χ4v) is 4.44. The van der Waals surface area contributed by atoms with Gasteiger partial charge in [0.15, 0.2) is 5.96 Å². The van der Waals surface area contributed by atoms with Crippen molar-refractivity contribution in [3.8, 4) is 0 Å². The SMILES string of the molecule is C=C(C)CN1CCC(NC(=NC)NCCCN2CCN(c3ccccc3F)CC2)CC1. The first kappa shape index (κ1) is 23.5. The highest BCUT2D eigenvalue weighted by Crippen LogP contribution is 2.20. The lowest BCUT2D eigenvalue weighted by Gasteiger charge is -2.36. The number of anilines is 1. The zero-order valence-electron chi connectivity index (χ0n) is 19.2. The molecule has 0 aromatic heterocycles. The van der Waals surface area contributed by atoms with E-state index in [-0.39, 0.29) is 5.82 Å². The molecule has 3 rings (SSSR count). The minimum atomic E-state index is -0.125. The van der Waals surface area contributed by atoms with E-state index in [0.29, 0.717) is 6.04 Å². The zero-order valence-corrected chi connectivity index (χ0v) is 19.2. The Morgan fingerprint density at radius 3 is 2.45 bits per heavy atom. The van der Waals surface area contributed by atoms with Gasteiger partial charge in [0.25, 0.3) is 0 Å². The molecule has 2 aliphatic rings. The molecule has 6 nitrogen and oxygen atoms in total. The molecule has 2 fully saturated rings. The number of nitrogens with zero attached hydrogens (tertiary/aromatic N) is 4. The maximum absolute atomic E-state index is 14.0. The number of piperazine rings is 1. The first-order valence-corrected chi connectivity index (χ1v) is 11.6. The van der Waals surface area contributed by atoms with Crippen molar-refractivity contribution in [2.24, 2.45) is 4.99 Å². The fourth-order valence-electron chi connectivity index (χ4n) is 4.44. The van der Waals surface area contributed by atoms with Crippen molar-refractivity contribution in [3.05, 3.63) is 42.2 Å². The van der Waals surface area contributed by atoms with Gasteiger partial charge in [-0.2, -0.15) is 0 Å². The van der Waals surface area contributed by atoms with Crippen molar-refractivity contribution >= 4 is 11.6 Å². The van der Waals surface area contributed by atoms with Crippen LogP contribution >= 0.6 is 0 Å². The van der Waals surface area contributed by atoms with Gasteiger partial charge < -0.3 is 15.5 Å². The third-order valence-electron chi connectivity index (χ3n) is 6.15. The maximum atomic E-state index is 14.0. The van der Waals surface area contributed by atoms with Crippen LogP contribution in [-0.2, 0) is 0 Å². The number of benzene rings is 1. The first-order valence-electron chi connectivity index (χ1n) is 11.6. The Bertz CT molecular complexity index is 721. The van der Waals surface area contributed by atoms with Crippen molar-refractivity contribution in [3.63, 3.8) is 0 Å². The zero-order chi connectivity index (χ0) is 22.1. The number of guanidine groups is 1. The van der Waals surface area contributed by atoms with Gasteiger partial charge in [-0.1, -0.05) is 24.3 Å². The molecule has 172 valence electrons. The van der Waals surface area contributed by atoms with Crippen LogP contribution in [0.3, 0.4) is 0 Å². The number of likely N-dealkylation sites (tertiary alicyclic amines) is 1. The summed E-state index contributed by atoms with van der Waals surface area (Å²) in [5.41, 5.74) is 1.96. The molecule has 0 saturated carbocycles. The summed E-state index contributed by atoms with van der Waals surface area (Å²) >= 11 is 0. The van der Waals surface area contributed by atoms with Gasteiger partial charge in [0.1, 0.15) is 5.82 Å². The Morgan fingerprint density at radius 1 is 1.10 bits per heavy atom. The highest BCUT2D eigenvalue weighted by Gasteiger charge is 2.20. The Hall–Kier alpha value is -2.12. The number of hydrogen-bond acceptors (Lipinski definition) is 4. The molecule has 0 amide bonds. The molecular weight excluding hydrogens is 391 g/mol. The lowest BCUT2D eigenvalue weighted by molar-refractivity contribution is 0.221. The summed E-state index contributed by atoms with van der Waals surface area (Å²) < 4.78 is 14.0. The summed E-state index contributed by atoms with van der Waals surface area (Å²) in [4.78, 5) is 11.5. The van der Waals surface area contributed by atoms with Crippen molar-refractivity contribution in [1.29, 1.82) is 0 Å². The number of hydrogen-bond donors (Lipinski definition) is 2. The van der Waals surface area contributed by atoms with Gasteiger partial charge in [0.05, 0.1) is 5.69 Å². The summed E-state index contributed by atoms with van der Waals surface area (Å²) in [6.45, 7) is 15.0. The molecule has 2 heterocycles. The predicted molar refractivity (Wildman–Crippen MR) is 128 cm³/mol. The average Bonchev–Trinajstić information content (AvgIpc) is 2.77. The molecule has 0 radical (unpaired) electrons. The van der Waals surface area contributed by atoms with E-state index in [1.54, 1.807) is 12.1 Å². The van der Waals surface area contributed by atoms with Crippen LogP contribution in [0.1, 0.15) is 26.2 Å². The lowest BCUT2D eigenvalue weighted by atomic mass is 10.0. The summed E-state index contributed by atoms with van der Waals surface area (Å²) in [6, 6.07) is 7.55. The summed E-state index contributed by atoms with van der Waals surface area (Å²) in [7, 11) is 1.84. The number of para-hydroxylation sites is 1. The molecule has 2 N–H and O–H groups in total. The predicted octanol–water partition coefficient (Wildman–Crippen LogP) is 2.54. The van der Waals surface area contributed by atoms with Gasteiger partial charge in [-0.25, -0.2) is 4.39 Å². The minimum Gasteiger partial charge on any atom is -0.367 e. The second-order valence-electron chi connectivity index (χ2n) is 8.78. The molecule has 7 heteroatoms. The highest BCUT2D eigenvalue weighted by atomic mass is 19.1. The molecule has 31 heavy (non-hydrogen) atoms. The smallest absolute Gasteiger partial charge is 0.191 e. The molecule has 0 unspecified atom stereocenters. The van der Waals surface area contributed by atoms with Crippen molar-refractivity contribution in [1.82, 2.24) is 20.4 Å². The van der Waals surface area contributed by atoms with Gasteiger partial charge in [-0.05, 0) is 44.9 Å². The van der Waals surface area contributed by atoms with Gasteiger partial charge in [0, 0.05) is 65.4 Å². The second kappa shape index (κ2) is 12.1. The largest absolute Gasteiger partial charge is 0.367 e. The third-order valence-corrected chi connectivity index (χ3v) is 6.15. The van der Waals surface area contributed by atoms with E-state index in [2.05, 4.69) is 43.8 Å². The fraction of sp³-hybridized carbons (Fsp3) is 0.625. The van der Waals surface area contributed by atoms with E-state index in [4.69, 9.17) is 0 Å². The number of halogens is 1. The molecule has 2 aliphatic heterocycles. The molecular formula is C24H39FN6. The van der Waals surface area contributed by atoms with E-state index in [1.807, 2.05) is 19.2 Å². The van der Waals surface area contributed by atoms with Crippen LogP contribution in [0.2, 0.25) is 0 Å². The van der Waals surface area contributed by atoms with Crippen LogP contribution in [0.4, 0.5) is 10.1 Å². The number of piperidine rings is 1. The monoisotopic (exact) mass is 430 g/mol. The van der Waals surface area contributed by atoms with Crippen molar-refractivity contribution in [2.45, 2.75) is 32.2 Å². The molecule has 0 aliphatic carbocycles. The van der Waals surface area contributed by atoms with Crippen LogP contribution in [0.25, 0.3) is 0 Å². The molecule has 2 saturated heterocycles. The topological polar surface area (TPSA) is 46.1 Å².